The third-order valence-corrected chi connectivity index (χ3v) is 2.79. The molecule has 1 aromatic rings. The van der Waals surface area contributed by atoms with Gasteiger partial charge in [-0.1, -0.05) is 48.3 Å². The highest BCUT2D eigenvalue weighted by Crippen LogP contribution is 2.23. The zero-order chi connectivity index (χ0) is 11.3. The molecule has 0 spiro atoms. The lowest BCUT2D eigenvalue weighted by Gasteiger charge is -2.05. The maximum absolute atomic E-state index is 5.91. The van der Waals surface area contributed by atoms with Crippen LogP contribution in [0, 0.1) is 0 Å². The Morgan fingerprint density at radius 2 is 2.07 bits per heavy atom. The third-order valence-electron chi connectivity index (χ3n) is 2.05. The van der Waals surface area contributed by atoms with E-state index in [1.54, 1.807) is 0 Å². The van der Waals surface area contributed by atoms with E-state index >= 15 is 0 Å². The van der Waals surface area contributed by atoms with Crippen LogP contribution in [0.4, 0.5) is 0 Å². The van der Waals surface area contributed by atoms with Crippen LogP contribution in [-0.2, 0) is 0 Å². The van der Waals surface area contributed by atoms with E-state index in [1.807, 2.05) is 24.3 Å². The van der Waals surface area contributed by atoms with Gasteiger partial charge in [0.2, 0.25) is 0 Å². The van der Waals surface area contributed by atoms with Gasteiger partial charge in [-0.3, -0.25) is 0 Å². The Morgan fingerprint density at radius 1 is 1.33 bits per heavy atom. The highest BCUT2D eigenvalue weighted by Gasteiger charge is 1.97. The molecule has 0 radical (unpaired) electrons. The first-order valence-electron chi connectivity index (χ1n) is 5.00. The van der Waals surface area contributed by atoms with Crippen LogP contribution in [0.25, 0.3) is 6.08 Å². The van der Waals surface area contributed by atoms with Crippen LogP contribution in [0.15, 0.2) is 24.3 Å². The van der Waals surface area contributed by atoms with E-state index in [-0.39, 0.29) is 0 Å². The van der Waals surface area contributed by atoms with Crippen molar-refractivity contribution in [2.24, 2.45) is 0 Å². The molecule has 0 fully saturated rings. The first-order chi connectivity index (χ1) is 7.13. The predicted molar refractivity (Wildman–Crippen MR) is 68.6 cm³/mol. The molecule has 0 saturated carbocycles. The van der Waals surface area contributed by atoms with Crippen molar-refractivity contribution in [2.75, 3.05) is 6.54 Å². The summed E-state index contributed by atoms with van der Waals surface area (Å²) in [6.07, 6.45) is 4.14. The number of hydrogen-bond acceptors (Lipinski definition) is 1. The standard InChI is InChI=1S/C12H15Cl2N/c1-3-15-9(2)4-5-10-6-7-11(13)12(14)8-10/h4-9,15H,3H2,1-2H3/b5-4+. The lowest BCUT2D eigenvalue weighted by molar-refractivity contribution is 0.663. The molecule has 0 aliphatic carbocycles. The molecule has 82 valence electrons. The van der Waals surface area contributed by atoms with Gasteiger partial charge >= 0.3 is 0 Å². The molecule has 0 aromatic heterocycles. The number of rotatable bonds is 4. The first-order valence-corrected chi connectivity index (χ1v) is 5.75. The Labute approximate surface area is 101 Å². The molecule has 3 heteroatoms. The molecular weight excluding hydrogens is 229 g/mol. The van der Waals surface area contributed by atoms with Gasteiger partial charge in [-0.25, -0.2) is 0 Å². The van der Waals surface area contributed by atoms with Crippen molar-refractivity contribution in [1.29, 1.82) is 0 Å². The van der Waals surface area contributed by atoms with Crippen molar-refractivity contribution in [3.8, 4) is 0 Å². The second kappa shape index (κ2) is 6.16. The largest absolute Gasteiger partial charge is 0.311 e. The van der Waals surface area contributed by atoms with Gasteiger partial charge in [0.05, 0.1) is 10.0 Å². The van der Waals surface area contributed by atoms with Crippen molar-refractivity contribution in [1.82, 2.24) is 5.32 Å². The van der Waals surface area contributed by atoms with Crippen LogP contribution in [0.3, 0.4) is 0 Å². The Kier molecular flexibility index (Phi) is 5.16. The average molecular weight is 244 g/mol. The van der Waals surface area contributed by atoms with Crippen molar-refractivity contribution < 1.29 is 0 Å². The maximum atomic E-state index is 5.91. The number of halogens is 2. The van der Waals surface area contributed by atoms with Crippen LogP contribution in [0.1, 0.15) is 19.4 Å². The Bertz CT molecular complexity index is 347. The molecule has 15 heavy (non-hydrogen) atoms. The maximum Gasteiger partial charge on any atom is 0.0598 e. The first kappa shape index (κ1) is 12.6. The lowest BCUT2D eigenvalue weighted by Crippen LogP contribution is -2.22. The summed E-state index contributed by atoms with van der Waals surface area (Å²) in [5.74, 6) is 0. The number of likely N-dealkylation sites (N-methyl/N-ethyl adjacent to an activating group) is 1. The van der Waals surface area contributed by atoms with E-state index in [9.17, 15) is 0 Å². The van der Waals surface area contributed by atoms with Gasteiger partial charge in [0.1, 0.15) is 0 Å². The SMILES string of the molecule is CCNC(C)/C=C/c1ccc(Cl)c(Cl)c1. The summed E-state index contributed by atoms with van der Waals surface area (Å²) in [4.78, 5) is 0. The van der Waals surface area contributed by atoms with Gasteiger partial charge in [0.15, 0.2) is 0 Å². The van der Waals surface area contributed by atoms with Crippen LogP contribution in [-0.4, -0.2) is 12.6 Å². The predicted octanol–water partition coefficient (Wildman–Crippen LogP) is 4.00. The van der Waals surface area contributed by atoms with Crippen LogP contribution in [0.5, 0.6) is 0 Å². The lowest BCUT2D eigenvalue weighted by atomic mass is 10.2. The Morgan fingerprint density at radius 3 is 2.67 bits per heavy atom. The molecular formula is C12H15Cl2N. The fourth-order valence-corrected chi connectivity index (χ4v) is 1.57. The second-order valence-corrected chi connectivity index (χ2v) is 4.19. The van der Waals surface area contributed by atoms with Crippen molar-refractivity contribution in [3.63, 3.8) is 0 Å². The topological polar surface area (TPSA) is 12.0 Å². The van der Waals surface area contributed by atoms with E-state index in [1.165, 1.54) is 0 Å². The van der Waals surface area contributed by atoms with Gasteiger partial charge in [0.25, 0.3) is 0 Å². The third kappa shape index (κ3) is 4.25. The fraction of sp³-hybridized carbons (Fsp3) is 0.333. The normalized spacial score (nSPS) is 13.3. The molecule has 1 N–H and O–H groups in total. The average Bonchev–Trinajstić information content (AvgIpc) is 2.20. The molecule has 1 aromatic carbocycles. The van der Waals surface area contributed by atoms with Crippen LogP contribution < -0.4 is 5.32 Å². The molecule has 0 bridgehead atoms. The Balaban J connectivity index is 2.68. The smallest absolute Gasteiger partial charge is 0.0598 e. The van der Waals surface area contributed by atoms with Crippen LogP contribution >= 0.6 is 23.2 Å². The summed E-state index contributed by atoms with van der Waals surface area (Å²) in [6.45, 7) is 5.16. The summed E-state index contributed by atoms with van der Waals surface area (Å²) in [6, 6.07) is 5.98. The van der Waals surface area contributed by atoms with E-state index in [0.717, 1.165) is 12.1 Å². The van der Waals surface area contributed by atoms with Gasteiger partial charge in [0, 0.05) is 6.04 Å². The van der Waals surface area contributed by atoms with Gasteiger partial charge in [-0.2, -0.15) is 0 Å². The van der Waals surface area contributed by atoms with Crippen LogP contribution in [0.2, 0.25) is 10.0 Å². The van der Waals surface area contributed by atoms with Gasteiger partial charge in [-0.15, -0.1) is 0 Å². The van der Waals surface area contributed by atoms with Crippen molar-refractivity contribution >= 4 is 29.3 Å². The minimum Gasteiger partial charge on any atom is -0.311 e. The molecule has 1 rings (SSSR count). The minimum absolute atomic E-state index is 0.365. The molecule has 1 unspecified atom stereocenters. The molecule has 0 amide bonds. The molecule has 0 aliphatic rings. The summed E-state index contributed by atoms with van der Waals surface area (Å²) in [5, 5.41) is 4.48. The molecule has 0 saturated heterocycles. The van der Waals surface area contributed by atoms with Gasteiger partial charge < -0.3 is 5.32 Å². The van der Waals surface area contributed by atoms with E-state index in [4.69, 9.17) is 23.2 Å². The number of hydrogen-bond donors (Lipinski definition) is 1. The molecule has 1 atom stereocenters. The van der Waals surface area contributed by atoms with Gasteiger partial charge in [-0.05, 0) is 31.2 Å². The minimum atomic E-state index is 0.365. The van der Waals surface area contributed by atoms with Crippen molar-refractivity contribution in [3.05, 3.63) is 39.9 Å². The number of nitrogens with one attached hydrogen (secondary N) is 1. The molecule has 0 aliphatic heterocycles. The zero-order valence-electron chi connectivity index (χ0n) is 8.93. The second-order valence-electron chi connectivity index (χ2n) is 3.38. The summed E-state index contributed by atoms with van der Waals surface area (Å²) < 4.78 is 0. The van der Waals surface area contributed by atoms with E-state index < -0.39 is 0 Å². The van der Waals surface area contributed by atoms with Crippen molar-refractivity contribution in [2.45, 2.75) is 19.9 Å². The summed E-state index contributed by atoms with van der Waals surface area (Å²) in [7, 11) is 0. The molecule has 1 nitrogen and oxygen atoms in total. The summed E-state index contributed by atoms with van der Waals surface area (Å²) in [5.41, 5.74) is 1.06. The zero-order valence-corrected chi connectivity index (χ0v) is 10.4. The van der Waals surface area contributed by atoms with E-state index in [0.29, 0.717) is 16.1 Å². The molecule has 0 heterocycles. The Hall–Kier alpha value is -0.500. The highest BCUT2D eigenvalue weighted by molar-refractivity contribution is 6.42. The quantitative estimate of drug-likeness (QED) is 0.843. The highest BCUT2D eigenvalue weighted by atomic mass is 35.5. The fourth-order valence-electron chi connectivity index (χ4n) is 1.26. The van der Waals surface area contributed by atoms with E-state index in [2.05, 4.69) is 25.2 Å². The monoisotopic (exact) mass is 243 g/mol. The summed E-state index contributed by atoms with van der Waals surface area (Å²) >= 11 is 11.7. The number of benzene rings is 1.